The first kappa shape index (κ1) is 10.5. The molecule has 5 nitrogen and oxygen atoms in total. The molecule has 0 atom stereocenters. The summed E-state index contributed by atoms with van der Waals surface area (Å²) in [4.78, 5) is 11.0. The van der Waals surface area contributed by atoms with Crippen molar-refractivity contribution in [2.24, 2.45) is 0 Å². The van der Waals surface area contributed by atoms with Gasteiger partial charge >= 0.3 is 6.01 Å². The van der Waals surface area contributed by atoms with Crippen molar-refractivity contribution in [3.8, 4) is 18.4 Å². The van der Waals surface area contributed by atoms with Gasteiger partial charge in [-0.2, -0.15) is 15.0 Å². The molecule has 0 fully saturated rings. The molecule has 0 aromatic carbocycles. The van der Waals surface area contributed by atoms with Crippen LogP contribution in [-0.2, 0) is 0 Å². The fourth-order valence-electron chi connectivity index (χ4n) is 0.650. The number of terminal acetylenes is 1. The first-order chi connectivity index (χ1) is 6.43. The molecule has 14 heavy (non-hydrogen) atoms. The molecule has 6 heteroatoms. The van der Waals surface area contributed by atoms with Crippen molar-refractivity contribution in [2.45, 2.75) is 19.4 Å². The number of hydrogen-bond donors (Lipinski definition) is 1. The quantitative estimate of drug-likeness (QED) is 0.738. The fraction of sp³-hybridized carbons (Fsp3) is 0.375. The van der Waals surface area contributed by atoms with Crippen molar-refractivity contribution in [1.29, 1.82) is 0 Å². The number of aromatic nitrogens is 3. The Morgan fingerprint density at radius 2 is 2.07 bits per heavy atom. The smallest absolute Gasteiger partial charge is 0.324 e. The summed E-state index contributed by atoms with van der Waals surface area (Å²) in [5, 5.41) is -0.0275. The van der Waals surface area contributed by atoms with Crippen molar-refractivity contribution in [1.82, 2.24) is 15.0 Å². The van der Waals surface area contributed by atoms with E-state index in [-0.39, 0.29) is 17.2 Å². The molecule has 0 aliphatic heterocycles. The van der Waals surface area contributed by atoms with E-state index in [4.69, 9.17) is 28.5 Å². The molecule has 0 saturated carbocycles. The Morgan fingerprint density at radius 3 is 2.57 bits per heavy atom. The fourth-order valence-corrected chi connectivity index (χ4v) is 0.809. The third-order valence-electron chi connectivity index (χ3n) is 1.30. The van der Waals surface area contributed by atoms with E-state index in [9.17, 15) is 0 Å². The van der Waals surface area contributed by atoms with Crippen molar-refractivity contribution in [2.75, 3.05) is 5.73 Å². The van der Waals surface area contributed by atoms with Gasteiger partial charge in [0, 0.05) is 0 Å². The van der Waals surface area contributed by atoms with E-state index in [0.717, 1.165) is 0 Å². The maximum absolute atomic E-state index is 5.55. The lowest BCUT2D eigenvalue weighted by atomic mass is 10.2. The largest absolute Gasteiger partial charge is 0.444 e. The van der Waals surface area contributed by atoms with Gasteiger partial charge in [0.15, 0.2) is 5.60 Å². The maximum Gasteiger partial charge on any atom is 0.324 e. The molecule has 0 aliphatic carbocycles. The second-order valence-corrected chi connectivity index (χ2v) is 3.34. The van der Waals surface area contributed by atoms with Crippen LogP contribution in [0.4, 0.5) is 5.95 Å². The predicted octanol–water partition coefficient (Wildman–Crippen LogP) is 0.898. The summed E-state index contributed by atoms with van der Waals surface area (Å²) in [5.41, 5.74) is 4.53. The average molecular weight is 213 g/mol. The Hall–Kier alpha value is -1.54. The van der Waals surface area contributed by atoms with Crippen LogP contribution >= 0.6 is 11.6 Å². The number of ether oxygens (including phenoxy) is 1. The summed E-state index contributed by atoms with van der Waals surface area (Å²) in [6, 6.07) is 0.0189. The molecule has 1 aromatic rings. The Bertz CT molecular complexity index is 365. The molecule has 0 unspecified atom stereocenters. The number of rotatable bonds is 2. The van der Waals surface area contributed by atoms with Gasteiger partial charge in [-0.1, -0.05) is 5.92 Å². The average Bonchev–Trinajstić information content (AvgIpc) is 2.01. The van der Waals surface area contributed by atoms with Crippen LogP contribution in [0.5, 0.6) is 6.01 Å². The Labute approximate surface area is 86.7 Å². The highest BCUT2D eigenvalue weighted by molar-refractivity contribution is 6.28. The molecular formula is C8H9ClN4O. The van der Waals surface area contributed by atoms with E-state index < -0.39 is 5.60 Å². The van der Waals surface area contributed by atoms with Gasteiger partial charge in [-0.3, -0.25) is 0 Å². The zero-order valence-corrected chi connectivity index (χ0v) is 8.54. The highest BCUT2D eigenvalue weighted by Gasteiger charge is 2.18. The van der Waals surface area contributed by atoms with Gasteiger partial charge in [0.2, 0.25) is 11.2 Å². The third kappa shape index (κ3) is 2.75. The van der Waals surface area contributed by atoms with Gasteiger partial charge < -0.3 is 10.5 Å². The Balaban J connectivity index is 2.94. The van der Waals surface area contributed by atoms with E-state index in [1.54, 1.807) is 13.8 Å². The van der Waals surface area contributed by atoms with E-state index in [1.165, 1.54) is 0 Å². The molecule has 0 saturated heterocycles. The first-order valence-corrected chi connectivity index (χ1v) is 4.14. The number of hydrogen-bond acceptors (Lipinski definition) is 5. The van der Waals surface area contributed by atoms with Gasteiger partial charge in [-0.15, -0.1) is 6.42 Å². The van der Waals surface area contributed by atoms with Crippen LogP contribution in [0.3, 0.4) is 0 Å². The normalized spacial score (nSPS) is 10.7. The molecular weight excluding hydrogens is 204 g/mol. The molecule has 0 amide bonds. The second-order valence-electron chi connectivity index (χ2n) is 3.00. The number of nitrogens with zero attached hydrogens (tertiary/aromatic N) is 3. The summed E-state index contributed by atoms with van der Waals surface area (Å²) in [5.74, 6) is 2.42. The van der Waals surface area contributed by atoms with Gasteiger partial charge in [-0.05, 0) is 25.4 Å². The van der Waals surface area contributed by atoms with Crippen LogP contribution < -0.4 is 10.5 Å². The Kier molecular flexibility index (Phi) is 2.77. The van der Waals surface area contributed by atoms with Gasteiger partial charge in [0.25, 0.3) is 0 Å². The maximum atomic E-state index is 5.55. The van der Waals surface area contributed by atoms with E-state index in [2.05, 4.69) is 20.9 Å². The summed E-state index contributed by atoms with van der Waals surface area (Å²) >= 11 is 5.55. The minimum Gasteiger partial charge on any atom is -0.444 e. The highest BCUT2D eigenvalue weighted by Crippen LogP contribution is 2.15. The van der Waals surface area contributed by atoms with E-state index >= 15 is 0 Å². The van der Waals surface area contributed by atoms with Gasteiger partial charge in [-0.25, -0.2) is 0 Å². The molecule has 1 heterocycles. The van der Waals surface area contributed by atoms with Crippen LogP contribution in [0.15, 0.2) is 0 Å². The molecule has 0 radical (unpaired) electrons. The topological polar surface area (TPSA) is 73.9 Å². The van der Waals surface area contributed by atoms with Crippen LogP contribution in [0.2, 0.25) is 5.28 Å². The van der Waals surface area contributed by atoms with Gasteiger partial charge in [0.05, 0.1) is 0 Å². The summed E-state index contributed by atoms with van der Waals surface area (Å²) in [7, 11) is 0. The van der Waals surface area contributed by atoms with Crippen LogP contribution in [-0.4, -0.2) is 20.6 Å². The van der Waals surface area contributed by atoms with Crippen molar-refractivity contribution < 1.29 is 4.74 Å². The first-order valence-electron chi connectivity index (χ1n) is 3.77. The molecule has 0 spiro atoms. The van der Waals surface area contributed by atoms with Crippen molar-refractivity contribution in [3.63, 3.8) is 0 Å². The lowest BCUT2D eigenvalue weighted by Gasteiger charge is -2.17. The lowest BCUT2D eigenvalue weighted by Crippen LogP contribution is -2.26. The van der Waals surface area contributed by atoms with E-state index in [1.807, 2.05) is 0 Å². The summed E-state index contributed by atoms with van der Waals surface area (Å²) in [6.45, 7) is 3.39. The standard InChI is InChI=1S/C8H9ClN4O/c1-4-8(2,3)14-7-12-5(9)11-6(10)13-7/h1H,2-3H3,(H2,10,11,12,13). The van der Waals surface area contributed by atoms with Crippen LogP contribution in [0.1, 0.15) is 13.8 Å². The molecule has 1 rings (SSSR count). The molecule has 0 aliphatic rings. The Morgan fingerprint density at radius 1 is 1.43 bits per heavy atom. The zero-order valence-electron chi connectivity index (χ0n) is 7.78. The molecule has 74 valence electrons. The van der Waals surface area contributed by atoms with E-state index in [0.29, 0.717) is 0 Å². The summed E-state index contributed by atoms with van der Waals surface area (Å²) < 4.78 is 5.25. The predicted molar refractivity (Wildman–Crippen MR) is 52.8 cm³/mol. The zero-order chi connectivity index (χ0) is 10.8. The van der Waals surface area contributed by atoms with Crippen LogP contribution in [0.25, 0.3) is 0 Å². The summed E-state index contributed by atoms with van der Waals surface area (Å²) in [6.07, 6.45) is 5.22. The SMILES string of the molecule is C#CC(C)(C)Oc1nc(N)nc(Cl)n1. The van der Waals surface area contributed by atoms with Gasteiger partial charge in [0.1, 0.15) is 0 Å². The molecule has 1 aromatic heterocycles. The minimum absolute atomic E-state index is 0.00665. The van der Waals surface area contributed by atoms with Crippen LogP contribution in [0, 0.1) is 12.3 Å². The molecule has 0 bridgehead atoms. The lowest BCUT2D eigenvalue weighted by molar-refractivity contribution is 0.156. The van der Waals surface area contributed by atoms with Crippen molar-refractivity contribution in [3.05, 3.63) is 5.28 Å². The number of halogens is 1. The van der Waals surface area contributed by atoms with Crippen molar-refractivity contribution >= 4 is 17.5 Å². The number of nitrogen functional groups attached to an aromatic ring is 1. The third-order valence-corrected chi connectivity index (χ3v) is 1.47. The second kappa shape index (κ2) is 3.68. The highest BCUT2D eigenvalue weighted by atomic mass is 35.5. The minimum atomic E-state index is -0.808. The monoisotopic (exact) mass is 212 g/mol. The molecule has 2 N–H and O–H groups in total. The number of anilines is 1. The number of nitrogens with two attached hydrogens (primary N) is 1.